The van der Waals surface area contributed by atoms with Gasteiger partial charge in [0.2, 0.25) is 0 Å². The molecule has 0 saturated heterocycles. The van der Waals surface area contributed by atoms with Crippen LogP contribution in [0.25, 0.3) is 0 Å². The van der Waals surface area contributed by atoms with E-state index in [2.05, 4.69) is 0 Å². The van der Waals surface area contributed by atoms with Crippen LogP contribution in [0.2, 0.25) is 5.02 Å². The van der Waals surface area contributed by atoms with Crippen molar-refractivity contribution >= 4 is 11.6 Å². The van der Waals surface area contributed by atoms with Crippen molar-refractivity contribution in [2.24, 2.45) is 0 Å². The largest absolute Gasteiger partial charge is 0.484 e. The zero-order chi connectivity index (χ0) is 18.9. The number of halogens is 6. The van der Waals surface area contributed by atoms with Crippen molar-refractivity contribution in [3.8, 4) is 5.75 Å². The standard InChI is InChI=1S/C18H15ClF5NO/c19-14-7-5-12(6-8-14)16-10-25(11-17(20,21)18(22,23)24)9-13-3-1-2-4-15(13)26-16/h1-8,16H,9-11H2. The molecule has 1 aliphatic rings. The van der Waals surface area contributed by atoms with Gasteiger partial charge in [-0.15, -0.1) is 0 Å². The molecule has 0 aliphatic carbocycles. The topological polar surface area (TPSA) is 12.5 Å². The van der Waals surface area contributed by atoms with Crippen molar-refractivity contribution in [1.82, 2.24) is 4.90 Å². The SMILES string of the molecule is FC(F)(F)C(F)(F)CN1Cc2ccccc2OC(c2ccc(Cl)cc2)C1. The smallest absolute Gasteiger partial charge is 0.454 e. The van der Waals surface area contributed by atoms with Gasteiger partial charge < -0.3 is 4.74 Å². The van der Waals surface area contributed by atoms with Crippen molar-refractivity contribution in [2.45, 2.75) is 24.7 Å². The summed E-state index contributed by atoms with van der Waals surface area (Å²) in [5.41, 5.74) is 1.20. The Balaban J connectivity index is 1.91. The molecule has 8 heteroatoms. The highest BCUT2D eigenvalue weighted by Gasteiger charge is 2.58. The van der Waals surface area contributed by atoms with Crippen LogP contribution in [-0.4, -0.2) is 30.1 Å². The number of fused-ring (bicyclic) bond motifs is 1. The Labute approximate surface area is 152 Å². The summed E-state index contributed by atoms with van der Waals surface area (Å²) in [7, 11) is 0. The van der Waals surface area contributed by atoms with Crippen LogP contribution in [0.3, 0.4) is 0 Å². The third-order valence-corrected chi connectivity index (χ3v) is 4.39. The summed E-state index contributed by atoms with van der Waals surface area (Å²) in [5.74, 6) is -4.35. The number of benzene rings is 2. The highest BCUT2D eigenvalue weighted by molar-refractivity contribution is 6.30. The second-order valence-electron chi connectivity index (χ2n) is 6.14. The third kappa shape index (κ3) is 4.10. The molecule has 2 nitrogen and oxygen atoms in total. The van der Waals surface area contributed by atoms with Crippen LogP contribution >= 0.6 is 11.6 Å². The number of alkyl halides is 5. The molecule has 1 atom stereocenters. The molecule has 0 amide bonds. The van der Waals surface area contributed by atoms with E-state index in [1.807, 2.05) is 0 Å². The Morgan fingerprint density at radius 3 is 2.31 bits per heavy atom. The average Bonchev–Trinajstić information content (AvgIpc) is 2.72. The predicted octanol–water partition coefficient (Wildman–Crippen LogP) is 5.47. The summed E-state index contributed by atoms with van der Waals surface area (Å²) >= 11 is 5.85. The summed E-state index contributed by atoms with van der Waals surface area (Å²) in [4.78, 5) is 1.07. The van der Waals surface area contributed by atoms with Crippen LogP contribution in [0, 0.1) is 0 Å². The molecule has 0 N–H and O–H groups in total. The van der Waals surface area contributed by atoms with E-state index in [-0.39, 0.29) is 13.1 Å². The van der Waals surface area contributed by atoms with Gasteiger partial charge in [0.15, 0.2) is 0 Å². The van der Waals surface area contributed by atoms with Crippen LogP contribution in [0.15, 0.2) is 48.5 Å². The van der Waals surface area contributed by atoms with Crippen LogP contribution in [-0.2, 0) is 6.54 Å². The lowest BCUT2D eigenvalue weighted by molar-refractivity contribution is -0.287. The van der Waals surface area contributed by atoms with E-state index >= 15 is 0 Å². The second-order valence-corrected chi connectivity index (χ2v) is 6.57. The lowest BCUT2D eigenvalue weighted by Crippen LogP contribution is -2.47. The molecule has 0 aromatic heterocycles. The molecule has 2 aromatic carbocycles. The van der Waals surface area contributed by atoms with Crippen LogP contribution in [0.5, 0.6) is 5.75 Å². The first-order valence-corrected chi connectivity index (χ1v) is 8.20. The Kier molecular flexibility index (Phi) is 5.12. The van der Waals surface area contributed by atoms with Gasteiger partial charge in [-0.2, -0.15) is 22.0 Å². The quantitative estimate of drug-likeness (QED) is 0.643. The zero-order valence-electron chi connectivity index (χ0n) is 13.4. The summed E-state index contributed by atoms with van der Waals surface area (Å²) in [6, 6.07) is 13.3. The molecule has 1 aliphatic heterocycles. The number of para-hydroxylation sites is 1. The molecule has 0 bridgehead atoms. The summed E-state index contributed by atoms with van der Waals surface area (Å²) < 4.78 is 70.9. The van der Waals surface area contributed by atoms with E-state index in [1.165, 1.54) is 0 Å². The van der Waals surface area contributed by atoms with E-state index < -0.39 is 24.7 Å². The van der Waals surface area contributed by atoms with Crippen LogP contribution < -0.4 is 4.74 Å². The molecule has 0 spiro atoms. The summed E-state index contributed by atoms with van der Waals surface area (Å²) in [6.45, 7) is -1.60. The van der Waals surface area contributed by atoms with Gasteiger partial charge >= 0.3 is 12.1 Å². The number of nitrogens with zero attached hydrogens (tertiary/aromatic N) is 1. The maximum Gasteiger partial charge on any atom is 0.454 e. The average molecular weight is 392 g/mol. The molecule has 0 saturated carbocycles. The molecule has 1 unspecified atom stereocenters. The number of rotatable bonds is 3. The minimum atomic E-state index is -5.60. The van der Waals surface area contributed by atoms with E-state index in [9.17, 15) is 22.0 Å². The highest BCUT2D eigenvalue weighted by Crippen LogP contribution is 2.38. The molecule has 2 aromatic rings. The van der Waals surface area contributed by atoms with Gasteiger partial charge in [0.05, 0.1) is 6.54 Å². The fraction of sp³-hybridized carbons (Fsp3) is 0.333. The molecular weight excluding hydrogens is 377 g/mol. The minimum absolute atomic E-state index is 0.0636. The maximum absolute atomic E-state index is 13.6. The second kappa shape index (κ2) is 7.04. The number of hydrogen-bond donors (Lipinski definition) is 0. The summed E-state index contributed by atoms with van der Waals surface area (Å²) in [6.07, 6.45) is -6.30. The Morgan fingerprint density at radius 2 is 1.65 bits per heavy atom. The molecule has 26 heavy (non-hydrogen) atoms. The number of ether oxygens (including phenoxy) is 1. The Morgan fingerprint density at radius 1 is 1.00 bits per heavy atom. The van der Waals surface area contributed by atoms with E-state index in [4.69, 9.17) is 16.3 Å². The van der Waals surface area contributed by atoms with E-state index in [0.29, 0.717) is 21.9 Å². The van der Waals surface area contributed by atoms with Crippen molar-refractivity contribution in [1.29, 1.82) is 0 Å². The predicted molar refractivity (Wildman–Crippen MR) is 87.5 cm³/mol. The lowest BCUT2D eigenvalue weighted by atomic mass is 10.1. The minimum Gasteiger partial charge on any atom is -0.484 e. The lowest BCUT2D eigenvalue weighted by Gasteiger charge is -2.29. The normalized spacial score (nSPS) is 18.8. The van der Waals surface area contributed by atoms with Gasteiger partial charge in [-0.1, -0.05) is 41.9 Å². The van der Waals surface area contributed by atoms with Gasteiger partial charge in [0.25, 0.3) is 0 Å². The highest BCUT2D eigenvalue weighted by atomic mass is 35.5. The molecule has 1 heterocycles. The van der Waals surface area contributed by atoms with Crippen LogP contribution in [0.4, 0.5) is 22.0 Å². The first-order chi connectivity index (χ1) is 12.2. The zero-order valence-corrected chi connectivity index (χ0v) is 14.2. The van der Waals surface area contributed by atoms with Gasteiger partial charge in [-0.05, 0) is 23.8 Å². The first kappa shape index (κ1) is 18.9. The fourth-order valence-corrected chi connectivity index (χ4v) is 2.95. The van der Waals surface area contributed by atoms with Crippen molar-refractivity contribution < 1.29 is 26.7 Å². The Hall–Kier alpha value is -1.86. The van der Waals surface area contributed by atoms with Crippen molar-refractivity contribution in [2.75, 3.05) is 13.1 Å². The van der Waals surface area contributed by atoms with Gasteiger partial charge in [0, 0.05) is 23.7 Å². The van der Waals surface area contributed by atoms with Gasteiger partial charge in [-0.3, -0.25) is 4.90 Å². The van der Waals surface area contributed by atoms with Crippen LogP contribution in [0.1, 0.15) is 17.2 Å². The van der Waals surface area contributed by atoms with E-state index in [1.54, 1.807) is 48.5 Å². The fourth-order valence-electron chi connectivity index (χ4n) is 2.82. The number of hydrogen-bond acceptors (Lipinski definition) is 2. The first-order valence-electron chi connectivity index (χ1n) is 7.83. The van der Waals surface area contributed by atoms with Crippen molar-refractivity contribution in [3.05, 3.63) is 64.7 Å². The molecular formula is C18H15ClF5NO. The third-order valence-electron chi connectivity index (χ3n) is 4.14. The monoisotopic (exact) mass is 391 g/mol. The molecule has 0 fully saturated rings. The Bertz CT molecular complexity index is 763. The van der Waals surface area contributed by atoms with Gasteiger partial charge in [0.1, 0.15) is 11.9 Å². The van der Waals surface area contributed by atoms with Gasteiger partial charge in [-0.25, -0.2) is 0 Å². The molecule has 3 rings (SSSR count). The maximum atomic E-state index is 13.6. The van der Waals surface area contributed by atoms with Crippen molar-refractivity contribution in [3.63, 3.8) is 0 Å². The molecule has 140 valence electrons. The molecule has 0 radical (unpaired) electrons. The summed E-state index contributed by atoms with van der Waals surface area (Å²) in [5, 5.41) is 0.489. The van der Waals surface area contributed by atoms with E-state index in [0.717, 1.165) is 4.90 Å².